The molecule has 1 N–H and O–H groups in total. The lowest BCUT2D eigenvalue weighted by atomic mass is 10.2. The summed E-state index contributed by atoms with van der Waals surface area (Å²) in [5, 5.41) is 7.30. The predicted molar refractivity (Wildman–Crippen MR) is 90.4 cm³/mol. The zero-order valence-electron chi connectivity index (χ0n) is 13.2. The van der Waals surface area contributed by atoms with E-state index in [-0.39, 0.29) is 5.91 Å². The number of rotatable bonds is 5. The minimum Gasteiger partial charge on any atom is -0.495 e. The molecule has 0 radical (unpaired) electrons. The Labute approximate surface area is 138 Å². The average Bonchev–Trinajstić information content (AvgIpc) is 2.73. The summed E-state index contributed by atoms with van der Waals surface area (Å²) in [4.78, 5) is 12.1. The zero-order valence-corrected chi connectivity index (χ0v) is 14.8. The first-order chi connectivity index (χ1) is 10.4. The predicted octanol–water partition coefficient (Wildman–Crippen LogP) is 3.61. The molecule has 2 rings (SSSR count). The normalized spacial score (nSPS) is 10.6. The van der Waals surface area contributed by atoms with Crippen molar-refractivity contribution in [1.29, 1.82) is 0 Å². The van der Waals surface area contributed by atoms with E-state index < -0.39 is 0 Å². The van der Waals surface area contributed by atoms with Crippen molar-refractivity contribution in [1.82, 2.24) is 9.78 Å². The van der Waals surface area contributed by atoms with Crippen LogP contribution in [0.5, 0.6) is 5.75 Å². The van der Waals surface area contributed by atoms with E-state index in [1.807, 2.05) is 43.7 Å². The summed E-state index contributed by atoms with van der Waals surface area (Å²) in [7, 11) is 1.59. The van der Waals surface area contributed by atoms with Crippen molar-refractivity contribution in [2.24, 2.45) is 0 Å². The van der Waals surface area contributed by atoms with Gasteiger partial charge in [-0.3, -0.25) is 9.48 Å². The maximum atomic E-state index is 12.1. The molecule has 0 atom stereocenters. The molecule has 0 fully saturated rings. The van der Waals surface area contributed by atoms with Crippen molar-refractivity contribution in [3.8, 4) is 5.75 Å². The number of halogens is 1. The number of amides is 1. The standard InChI is InChI=1S/C16H20BrN3O2/c1-10-5-6-14(22-4)13(9-10)18-15(21)7-8-20-12(3)16(17)11(2)19-20/h5-6,9H,7-8H2,1-4H3,(H,18,21). The molecule has 2 aromatic rings. The number of nitrogens with one attached hydrogen (secondary N) is 1. The second-order valence-electron chi connectivity index (χ2n) is 5.21. The van der Waals surface area contributed by atoms with Crippen LogP contribution in [-0.4, -0.2) is 22.8 Å². The number of aromatic nitrogens is 2. The molecule has 0 saturated carbocycles. The van der Waals surface area contributed by atoms with E-state index >= 15 is 0 Å². The Morgan fingerprint density at radius 2 is 2.09 bits per heavy atom. The molecule has 1 heterocycles. The Kier molecular flexibility index (Phi) is 5.24. The van der Waals surface area contributed by atoms with Gasteiger partial charge < -0.3 is 10.1 Å². The largest absolute Gasteiger partial charge is 0.495 e. The smallest absolute Gasteiger partial charge is 0.226 e. The van der Waals surface area contributed by atoms with Crippen LogP contribution in [-0.2, 0) is 11.3 Å². The molecule has 5 nitrogen and oxygen atoms in total. The summed E-state index contributed by atoms with van der Waals surface area (Å²) in [5.74, 6) is 0.598. The quantitative estimate of drug-likeness (QED) is 0.880. The van der Waals surface area contributed by atoms with Gasteiger partial charge in [0.15, 0.2) is 0 Å². The number of methoxy groups -OCH3 is 1. The summed E-state index contributed by atoms with van der Waals surface area (Å²) in [6, 6.07) is 5.70. The van der Waals surface area contributed by atoms with Crippen LogP contribution < -0.4 is 10.1 Å². The molecule has 1 amide bonds. The minimum absolute atomic E-state index is 0.0624. The number of hydrogen-bond donors (Lipinski definition) is 1. The lowest BCUT2D eigenvalue weighted by Gasteiger charge is -2.11. The molecular formula is C16H20BrN3O2. The Morgan fingerprint density at radius 1 is 1.36 bits per heavy atom. The van der Waals surface area contributed by atoms with Gasteiger partial charge in [-0.1, -0.05) is 6.07 Å². The van der Waals surface area contributed by atoms with Crippen molar-refractivity contribution >= 4 is 27.5 Å². The molecule has 22 heavy (non-hydrogen) atoms. The lowest BCUT2D eigenvalue weighted by molar-refractivity contribution is -0.116. The highest BCUT2D eigenvalue weighted by molar-refractivity contribution is 9.10. The second kappa shape index (κ2) is 6.96. The molecular weight excluding hydrogens is 346 g/mol. The third-order valence-corrected chi connectivity index (χ3v) is 4.62. The van der Waals surface area contributed by atoms with E-state index in [9.17, 15) is 4.79 Å². The van der Waals surface area contributed by atoms with Crippen LogP contribution in [0.4, 0.5) is 5.69 Å². The topological polar surface area (TPSA) is 56.1 Å². The van der Waals surface area contributed by atoms with Crippen molar-refractivity contribution in [3.63, 3.8) is 0 Å². The van der Waals surface area contributed by atoms with Crippen molar-refractivity contribution in [2.75, 3.05) is 12.4 Å². The first-order valence-electron chi connectivity index (χ1n) is 7.06. The van der Waals surface area contributed by atoms with Crippen molar-refractivity contribution in [3.05, 3.63) is 39.6 Å². The maximum absolute atomic E-state index is 12.1. The van der Waals surface area contributed by atoms with Gasteiger partial charge in [-0.2, -0.15) is 5.10 Å². The first-order valence-corrected chi connectivity index (χ1v) is 7.85. The molecule has 0 aliphatic heterocycles. The van der Waals surface area contributed by atoms with E-state index in [0.29, 0.717) is 24.4 Å². The summed E-state index contributed by atoms with van der Waals surface area (Å²) >= 11 is 3.49. The number of aryl methyl sites for hydroxylation is 3. The van der Waals surface area contributed by atoms with Gasteiger partial charge in [0.25, 0.3) is 0 Å². The van der Waals surface area contributed by atoms with Gasteiger partial charge in [0.1, 0.15) is 5.75 Å². The van der Waals surface area contributed by atoms with Gasteiger partial charge in [0, 0.05) is 12.1 Å². The summed E-state index contributed by atoms with van der Waals surface area (Å²) in [6.45, 7) is 6.43. The fourth-order valence-electron chi connectivity index (χ4n) is 2.23. The monoisotopic (exact) mass is 365 g/mol. The number of ether oxygens (including phenoxy) is 1. The zero-order chi connectivity index (χ0) is 16.3. The summed E-state index contributed by atoms with van der Waals surface area (Å²) in [5.41, 5.74) is 3.72. The van der Waals surface area contributed by atoms with Crippen molar-refractivity contribution in [2.45, 2.75) is 33.7 Å². The first kappa shape index (κ1) is 16.5. The molecule has 0 bridgehead atoms. The summed E-state index contributed by atoms with van der Waals surface area (Å²) in [6.07, 6.45) is 0.353. The Balaban J connectivity index is 2.01. The Morgan fingerprint density at radius 3 is 2.68 bits per heavy atom. The molecule has 0 unspecified atom stereocenters. The van der Waals surface area contributed by atoms with Gasteiger partial charge >= 0.3 is 0 Å². The molecule has 6 heteroatoms. The average molecular weight is 366 g/mol. The number of carbonyl (C=O) groups excluding carboxylic acids is 1. The molecule has 0 spiro atoms. The van der Waals surface area contributed by atoms with Gasteiger partial charge in [-0.15, -0.1) is 0 Å². The van der Waals surface area contributed by atoms with E-state index in [1.165, 1.54) is 0 Å². The number of nitrogens with zero attached hydrogens (tertiary/aromatic N) is 2. The second-order valence-corrected chi connectivity index (χ2v) is 6.00. The highest BCUT2D eigenvalue weighted by Gasteiger charge is 2.11. The molecule has 0 aliphatic carbocycles. The van der Waals surface area contributed by atoms with E-state index in [2.05, 4.69) is 26.3 Å². The fraction of sp³-hybridized carbons (Fsp3) is 0.375. The summed E-state index contributed by atoms with van der Waals surface area (Å²) < 4.78 is 8.10. The molecule has 1 aromatic heterocycles. The van der Waals surface area contributed by atoms with Crippen LogP contribution in [0.2, 0.25) is 0 Å². The third kappa shape index (κ3) is 3.68. The van der Waals surface area contributed by atoms with Crippen LogP contribution in [0.1, 0.15) is 23.4 Å². The van der Waals surface area contributed by atoms with E-state index in [4.69, 9.17) is 4.74 Å². The van der Waals surface area contributed by atoms with E-state index in [0.717, 1.165) is 21.4 Å². The van der Waals surface area contributed by atoms with Crippen molar-refractivity contribution < 1.29 is 9.53 Å². The molecule has 118 valence electrons. The highest BCUT2D eigenvalue weighted by atomic mass is 79.9. The highest BCUT2D eigenvalue weighted by Crippen LogP contribution is 2.25. The van der Waals surface area contributed by atoms with Gasteiger partial charge in [-0.25, -0.2) is 0 Å². The van der Waals surface area contributed by atoms with Gasteiger partial charge in [-0.05, 0) is 54.4 Å². The van der Waals surface area contributed by atoms with Crippen LogP contribution in [0, 0.1) is 20.8 Å². The van der Waals surface area contributed by atoms with Gasteiger partial charge in [0.2, 0.25) is 5.91 Å². The molecule has 1 aromatic carbocycles. The van der Waals surface area contributed by atoms with Crippen LogP contribution >= 0.6 is 15.9 Å². The number of carbonyl (C=O) groups is 1. The number of hydrogen-bond acceptors (Lipinski definition) is 3. The van der Waals surface area contributed by atoms with Gasteiger partial charge in [0.05, 0.1) is 29.5 Å². The van der Waals surface area contributed by atoms with Crippen LogP contribution in [0.25, 0.3) is 0 Å². The molecule has 0 aliphatic rings. The van der Waals surface area contributed by atoms with E-state index in [1.54, 1.807) is 7.11 Å². The SMILES string of the molecule is COc1ccc(C)cc1NC(=O)CCn1nc(C)c(Br)c1C. The Hall–Kier alpha value is -1.82. The third-order valence-electron chi connectivity index (χ3n) is 3.47. The van der Waals surface area contributed by atoms with Crippen LogP contribution in [0.15, 0.2) is 22.7 Å². The Bertz CT molecular complexity index is 695. The number of anilines is 1. The fourth-order valence-corrected chi connectivity index (χ4v) is 2.52. The lowest BCUT2D eigenvalue weighted by Crippen LogP contribution is -2.16. The maximum Gasteiger partial charge on any atom is 0.226 e. The van der Waals surface area contributed by atoms with Crippen LogP contribution in [0.3, 0.4) is 0 Å². The molecule has 0 saturated heterocycles. The minimum atomic E-state index is -0.0624. The number of benzene rings is 1.